The molecule has 6 heteroatoms. The van der Waals surface area contributed by atoms with Crippen molar-refractivity contribution in [1.82, 2.24) is 9.88 Å². The first-order valence-corrected chi connectivity index (χ1v) is 9.28. The summed E-state index contributed by atoms with van der Waals surface area (Å²) in [6.07, 6.45) is 3.80. The molecule has 124 valence electrons. The fraction of sp³-hybridized carbons (Fsp3) is 0.0526. The molecule has 2 amide bonds. The average Bonchev–Trinajstić information content (AvgIpc) is 3.08. The lowest BCUT2D eigenvalue weighted by Crippen LogP contribution is -2.17. The Hall–Kier alpha value is -2.31. The fourth-order valence-corrected chi connectivity index (χ4v) is 3.92. The molecule has 4 rings (SSSR count). The van der Waals surface area contributed by atoms with E-state index in [1.54, 1.807) is 6.08 Å². The number of halogens is 1. The monoisotopic (exact) mass is 412 g/mol. The Morgan fingerprint density at radius 1 is 1.12 bits per heavy atom. The third-order valence-corrected chi connectivity index (χ3v) is 5.30. The maximum atomic E-state index is 11.9. The lowest BCUT2D eigenvalue weighted by molar-refractivity contribution is -0.115. The standard InChI is InChI=1S/C19H13BrN2O2S/c20-14-6-7-16-15(9-14)13(8-17-18(23)21-19(24)25-17)11-22(16)10-12-4-2-1-3-5-12/h1-9,11H,10H2,(H,21,23,24)/b17-8-. The number of fused-ring (bicyclic) bond motifs is 1. The van der Waals surface area contributed by atoms with E-state index in [0.29, 0.717) is 4.91 Å². The van der Waals surface area contributed by atoms with Crippen molar-refractivity contribution in [1.29, 1.82) is 0 Å². The molecule has 25 heavy (non-hydrogen) atoms. The van der Waals surface area contributed by atoms with E-state index < -0.39 is 0 Å². The van der Waals surface area contributed by atoms with Crippen molar-refractivity contribution in [2.45, 2.75) is 6.54 Å². The minimum atomic E-state index is -0.339. The number of carbonyl (C=O) groups excluding carboxylic acids is 2. The quantitative estimate of drug-likeness (QED) is 0.629. The molecule has 0 aliphatic carbocycles. The van der Waals surface area contributed by atoms with Crippen LogP contribution in [0.3, 0.4) is 0 Å². The second-order valence-electron chi connectivity index (χ2n) is 5.71. The van der Waals surface area contributed by atoms with Crippen LogP contribution in [0.25, 0.3) is 17.0 Å². The number of amides is 2. The highest BCUT2D eigenvalue weighted by atomic mass is 79.9. The summed E-state index contributed by atoms with van der Waals surface area (Å²) in [5.74, 6) is -0.339. The first-order chi connectivity index (χ1) is 12.1. The number of imide groups is 1. The van der Waals surface area contributed by atoms with Crippen LogP contribution in [-0.2, 0) is 11.3 Å². The van der Waals surface area contributed by atoms with E-state index in [2.05, 4.69) is 44.0 Å². The highest BCUT2D eigenvalue weighted by Crippen LogP contribution is 2.31. The largest absolute Gasteiger partial charge is 0.342 e. The van der Waals surface area contributed by atoms with Gasteiger partial charge in [0.2, 0.25) is 0 Å². The van der Waals surface area contributed by atoms with Crippen LogP contribution in [-0.4, -0.2) is 15.7 Å². The molecular formula is C19H13BrN2O2S. The number of carbonyl (C=O) groups is 2. The zero-order chi connectivity index (χ0) is 17.4. The van der Waals surface area contributed by atoms with Gasteiger partial charge in [-0.05, 0) is 41.6 Å². The van der Waals surface area contributed by atoms with Crippen LogP contribution in [0.5, 0.6) is 0 Å². The molecule has 1 aliphatic rings. The van der Waals surface area contributed by atoms with Crippen LogP contribution in [0.15, 0.2) is 64.1 Å². The Balaban J connectivity index is 1.82. The SMILES string of the molecule is O=C1NC(=O)/C(=C/c2cn(Cc3ccccc3)c3ccc(Br)cc23)S1. The van der Waals surface area contributed by atoms with Gasteiger partial charge in [0, 0.05) is 33.7 Å². The van der Waals surface area contributed by atoms with Crippen molar-refractivity contribution < 1.29 is 9.59 Å². The Kier molecular flexibility index (Phi) is 4.23. The van der Waals surface area contributed by atoms with Crippen LogP contribution in [0.1, 0.15) is 11.1 Å². The summed E-state index contributed by atoms with van der Waals surface area (Å²) in [6.45, 7) is 0.737. The summed E-state index contributed by atoms with van der Waals surface area (Å²) >= 11 is 4.44. The molecule has 2 heterocycles. The van der Waals surface area contributed by atoms with Crippen molar-refractivity contribution in [3.05, 3.63) is 75.2 Å². The minimum absolute atomic E-state index is 0.328. The number of nitrogens with one attached hydrogen (secondary N) is 1. The Morgan fingerprint density at radius 2 is 1.92 bits per heavy atom. The summed E-state index contributed by atoms with van der Waals surface area (Å²) in [4.78, 5) is 23.7. The molecule has 1 aliphatic heterocycles. The van der Waals surface area contributed by atoms with Gasteiger partial charge in [-0.3, -0.25) is 14.9 Å². The maximum Gasteiger partial charge on any atom is 0.290 e. The van der Waals surface area contributed by atoms with E-state index in [1.165, 1.54) is 5.56 Å². The van der Waals surface area contributed by atoms with Crippen molar-refractivity contribution >= 4 is 55.8 Å². The second kappa shape index (κ2) is 6.54. The van der Waals surface area contributed by atoms with Crippen LogP contribution >= 0.6 is 27.7 Å². The molecule has 0 atom stereocenters. The number of aromatic nitrogens is 1. The molecule has 1 saturated heterocycles. The van der Waals surface area contributed by atoms with Gasteiger partial charge in [-0.25, -0.2) is 0 Å². The van der Waals surface area contributed by atoms with Crippen LogP contribution < -0.4 is 5.32 Å². The Morgan fingerprint density at radius 3 is 2.64 bits per heavy atom. The number of thioether (sulfide) groups is 1. The molecule has 4 nitrogen and oxygen atoms in total. The topological polar surface area (TPSA) is 51.1 Å². The van der Waals surface area contributed by atoms with Crippen molar-refractivity contribution in [2.75, 3.05) is 0 Å². The number of nitrogens with zero attached hydrogens (tertiary/aromatic N) is 1. The molecule has 0 spiro atoms. The molecular weight excluding hydrogens is 400 g/mol. The van der Waals surface area contributed by atoms with Gasteiger partial charge < -0.3 is 4.57 Å². The number of hydrogen-bond acceptors (Lipinski definition) is 3. The number of rotatable bonds is 3. The van der Waals surface area contributed by atoms with E-state index in [4.69, 9.17) is 0 Å². The lowest BCUT2D eigenvalue weighted by atomic mass is 10.1. The van der Waals surface area contributed by atoms with E-state index in [0.717, 1.165) is 39.2 Å². The molecule has 1 aromatic heterocycles. The Bertz CT molecular complexity index is 1020. The Labute approximate surface area is 157 Å². The first kappa shape index (κ1) is 16.2. The van der Waals surface area contributed by atoms with Gasteiger partial charge in [-0.2, -0.15) is 0 Å². The van der Waals surface area contributed by atoms with Gasteiger partial charge in [-0.15, -0.1) is 0 Å². The van der Waals surface area contributed by atoms with Gasteiger partial charge in [0.05, 0.1) is 4.91 Å². The van der Waals surface area contributed by atoms with Crippen molar-refractivity contribution in [2.24, 2.45) is 0 Å². The summed E-state index contributed by atoms with van der Waals surface area (Å²) in [7, 11) is 0. The van der Waals surface area contributed by atoms with Gasteiger partial charge in [0.25, 0.3) is 11.1 Å². The van der Waals surface area contributed by atoms with Crippen LogP contribution in [0, 0.1) is 0 Å². The molecule has 0 bridgehead atoms. The predicted molar refractivity (Wildman–Crippen MR) is 104 cm³/mol. The fourth-order valence-electron chi connectivity index (χ4n) is 2.89. The molecule has 2 aromatic carbocycles. The van der Waals surface area contributed by atoms with E-state index in [9.17, 15) is 9.59 Å². The maximum absolute atomic E-state index is 11.9. The van der Waals surface area contributed by atoms with Crippen LogP contribution in [0.2, 0.25) is 0 Å². The predicted octanol–water partition coefficient (Wildman–Crippen LogP) is 4.78. The van der Waals surface area contributed by atoms with E-state index in [-0.39, 0.29) is 11.1 Å². The lowest BCUT2D eigenvalue weighted by Gasteiger charge is -2.05. The second-order valence-corrected chi connectivity index (χ2v) is 7.64. The third-order valence-electron chi connectivity index (χ3n) is 4.00. The van der Waals surface area contributed by atoms with E-state index in [1.807, 2.05) is 36.5 Å². The van der Waals surface area contributed by atoms with Gasteiger partial charge in [-0.1, -0.05) is 46.3 Å². The van der Waals surface area contributed by atoms with Crippen molar-refractivity contribution in [3.63, 3.8) is 0 Å². The van der Waals surface area contributed by atoms with Gasteiger partial charge in [0.15, 0.2) is 0 Å². The highest BCUT2D eigenvalue weighted by molar-refractivity contribution is 9.10. The van der Waals surface area contributed by atoms with Gasteiger partial charge in [0.1, 0.15) is 0 Å². The smallest absolute Gasteiger partial charge is 0.290 e. The molecule has 1 fully saturated rings. The third kappa shape index (κ3) is 3.27. The highest BCUT2D eigenvalue weighted by Gasteiger charge is 2.25. The molecule has 1 N–H and O–H groups in total. The number of hydrogen-bond donors (Lipinski definition) is 1. The number of benzene rings is 2. The van der Waals surface area contributed by atoms with Crippen LogP contribution in [0.4, 0.5) is 4.79 Å². The van der Waals surface area contributed by atoms with E-state index >= 15 is 0 Å². The zero-order valence-corrected chi connectivity index (χ0v) is 15.4. The zero-order valence-electron chi connectivity index (χ0n) is 13.0. The summed E-state index contributed by atoms with van der Waals surface area (Å²) in [5.41, 5.74) is 3.19. The molecule has 3 aromatic rings. The summed E-state index contributed by atoms with van der Waals surface area (Å²) in [6, 6.07) is 16.3. The van der Waals surface area contributed by atoms with Gasteiger partial charge >= 0.3 is 0 Å². The molecule has 0 unspecified atom stereocenters. The normalized spacial score (nSPS) is 16.0. The van der Waals surface area contributed by atoms with Crippen molar-refractivity contribution in [3.8, 4) is 0 Å². The first-order valence-electron chi connectivity index (χ1n) is 7.67. The average molecular weight is 413 g/mol. The minimum Gasteiger partial charge on any atom is -0.342 e. The summed E-state index contributed by atoms with van der Waals surface area (Å²) < 4.78 is 3.12. The molecule has 0 radical (unpaired) electrons. The molecule has 0 saturated carbocycles. The summed E-state index contributed by atoms with van der Waals surface area (Å²) in [5, 5.41) is 3.00.